The maximum atomic E-state index is 13.8. The van der Waals surface area contributed by atoms with Crippen molar-refractivity contribution >= 4 is 35.7 Å². The molecule has 302 valence electrons. The van der Waals surface area contributed by atoms with Crippen molar-refractivity contribution in [1.82, 2.24) is 15.5 Å². The molecule has 5 rings (SSSR count). The van der Waals surface area contributed by atoms with Crippen molar-refractivity contribution in [2.75, 3.05) is 27.2 Å². The van der Waals surface area contributed by atoms with Crippen molar-refractivity contribution in [2.45, 2.75) is 82.2 Å². The summed E-state index contributed by atoms with van der Waals surface area (Å²) < 4.78 is 25.0. The molecule has 0 radical (unpaired) electrons. The lowest BCUT2D eigenvalue weighted by atomic mass is 9.91. The van der Waals surface area contributed by atoms with E-state index in [4.69, 9.17) is 18.9 Å². The molecule has 1 aliphatic carbocycles. The summed E-state index contributed by atoms with van der Waals surface area (Å²) in [5.41, 5.74) is 1.90. The Balaban J connectivity index is 1.32. The van der Waals surface area contributed by atoms with E-state index < -0.39 is 59.5 Å². The van der Waals surface area contributed by atoms with Gasteiger partial charge in [0.1, 0.15) is 23.9 Å². The summed E-state index contributed by atoms with van der Waals surface area (Å²) in [6.45, 7) is 4.87. The summed E-state index contributed by atoms with van der Waals surface area (Å²) in [5, 5.41) is 15.3. The number of hydrogen-bond donors (Lipinski definition) is 3. The third-order valence-corrected chi connectivity index (χ3v) is 9.26. The van der Waals surface area contributed by atoms with Crippen LogP contribution in [0.25, 0.3) is 6.08 Å². The highest BCUT2D eigenvalue weighted by atomic mass is 16.8. The number of esters is 2. The normalized spacial score (nSPS) is 19.1. The summed E-state index contributed by atoms with van der Waals surface area (Å²) in [7, 11) is 3.28. The fourth-order valence-corrected chi connectivity index (χ4v) is 6.48. The minimum atomic E-state index is -1.39. The van der Waals surface area contributed by atoms with E-state index >= 15 is 0 Å². The van der Waals surface area contributed by atoms with E-state index in [-0.39, 0.29) is 55.9 Å². The van der Waals surface area contributed by atoms with Crippen molar-refractivity contribution in [3.63, 3.8) is 0 Å². The predicted molar refractivity (Wildman–Crippen MR) is 211 cm³/mol. The lowest BCUT2D eigenvalue weighted by molar-refractivity contribution is -0.157. The Kier molecular flexibility index (Phi) is 14.2. The molecular weight excluding hydrogens is 730 g/mol. The molecule has 3 aromatic rings. The molecule has 0 saturated carbocycles. The molecule has 1 heterocycles. The van der Waals surface area contributed by atoms with Crippen LogP contribution in [0.2, 0.25) is 0 Å². The van der Waals surface area contributed by atoms with Crippen LogP contribution >= 0.6 is 0 Å². The summed E-state index contributed by atoms with van der Waals surface area (Å²) in [5.74, 6) is -3.60. The first kappa shape index (κ1) is 42.5. The van der Waals surface area contributed by atoms with Crippen LogP contribution in [0.3, 0.4) is 0 Å². The van der Waals surface area contributed by atoms with Crippen LogP contribution in [-0.2, 0) is 43.9 Å². The predicted octanol–water partition coefficient (Wildman–Crippen LogP) is 4.43. The molecule has 3 aromatic carbocycles. The van der Waals surface area contributed by atoms with Crippen LogP contribution in [0, 0.1) is 0 Å². The molecule has 1 fully saturated rings. The zero-order valence-electron chi connectivity index (χ0n) is 32.9. The third-order valence-electron chi connectivity index (χ3n) is 9.26. The van der Waals surface area contributed by atoms with E-state index in [9.17, 15) is 29.1 Å². The average Bonchev–Trinajstić information content (AvgIpc) is 3.60. The van der Waals surface area contributed by atoms with Gasteiger partial charge in [-0.2, -0.15) is 0 Å². The third kappa shape index (κ3) is 11.5. The first-order chi connectivity index (χ1) is 27.2. The topological polar surface area (TPSA) is 170 Å². The highest BCUT2D eigenvalue weighted by molar-refractivity contribution is 5.95. The Morgan fingerprint density at radius 1 is 0.930 bits per heavy atom. The van der Waals surface area contributed by atoms with Gasteiger partial charge in [-0.3, -0.25) is 19.2 Å². The molecule has 0 aromatic heterocycles. The van der Waals surface area contributed by atoms with E-state index in [1.165, 1.54) is 11.0 Å². The Bertz CT molecular complexity index is 1920. The summed E-state index contributed by atoms with van der Waals surface area (Å²) in [6.07, 6.45) is 2.19. The zero-order valence-corrected chi connectivity index (χ0v) is 32.9. The number of amides is 3. The largest absolute Gasteiger partial charge is 0.460 e. The van der Waals surface area contributed by atoms with Gasteiger partial charge in [0, 0.05) is 62.7 Å². The molecule has 13 heteroatoms. The van der Waals surface area contributed by atoms with Crippen LogP contribution in [0.4, 0.5) is 0 Å². The Morgan fingerprint density at radius 3 is 2.21 bits per heavy atom. The highest BCUT2D eigenvalue weighted by Gasteiger charge is 2.55. The Labute approximate surface area is 333 Å². The van der Waals surface area contributed by atoms with E-state index in [2.05, 4.69) is 10.6 Å². The van der Waals surface area contributed by atoms with Gasteiger partial charge >= 0.3 is 11.9 Å². The van der Waals surface area contributed by atoms with E-state index in [0.717, 1.165) is 0 Å². The van der Waals surface area contributed by atoms with Gasteiger partial charge in [-0.15, -0.1) is 0 Å². The van der Waals surface area contributed by atoms with Gasteiger partial charge in [-0.1, -0.05) is 72.8 Å². The second-order valence-corrected chi connectivity index (χ2v) is 15.1. The van der Waals surface area contributed by atoms with Gasteiger partial charge in [0.25, 0.3) is 0 Å². The number of fused-ring (bicyclic) bond motifs is 1. The highest BCUT2D eigenvalue weighted by Crippen LogP contribution is 2.47. The van der Waals surface area contributed by atoms with Crippen LogP contribution in [0.1, 0.15) is 73.5 Å². The van der Waals surface area contributed by atoms with E-state index in [1.54, 1.807) is 71.3 Å². The molecule has 3 amide bonds. The maximum absolute atomic E-state index is 13.8. The van der Waals surface area contributed by atoms with Crippen molar-refractivity contribution in [3.8, 4) is 0 Å². The molecule has 1 saturated heterocycles. The number of aliphatic hydroxyl groups is 1. The number of ether oxygens (including phenoxy) is 4. The Morgan fingerprint density at radius 2 is 1.60 bits per heavy atom. The zero-order chi connectivity index (χ0) is 41.2. The molecule has 13 nitrogen and oxygen atoms in total. The van der Waals surface area contributed by atoms with Crippen LogP contribution in [-0.4, -0.2) is 96.9 Å². The van der Waals surface area contributed by atoms with Crippen LogP contribution in [0.5, 0.6) is 0 Å². The molecule has 3 N–H and O–H groups in total. The number of hydrogen-bond acceptors (Lipinski definition) is 10. The van der Waals surface area contributed by atoms with E-state index in [0.29, 0.717) is 16.7 Å². The standard InChI is InChI=1S/C44H51N3O10/c1-43(2,3)56-39(51)22-20-34(28-48)46-37(49)23-24-45-41(52)31-26-35(54-42(53)30-14-12-13-29(25-30)19-21-38(50)47(4)5)40-36(27-31)55-44(57-40,32-15-8-6-9-16-32)33-17-10-7-11-18-33/h6-19,21,25,27,34-36,40,48H,20,22-24,26,28H2,1-5H3,(H,45,52)(H,46,49)/t34-,35+,36+,40-/m0/s1. The van der Waals surface area contributed by atoms with Gasteiger partial charge < -0.3 is 39.6 Å². The molecule has 0 bridgehead atoms. The van der Waals surface area contributed by atoms with Crippen molar-refractivity contribution < 1.29 is 48.0 Å². The Hall–Kier alpha value is -5.63. The first-order valence-corrected chi connectivity index (χ1v) is 19.0. The maximum Gasteiger partial charge on any atom is 0.338 e. The van der Waals surface area contributed by atoms with Crippen LogP contribution in [0.15, 0.2) is 103 Å². The monoisotopic (exact) mass is 781 g/mol. The van der Waals surface area contributed by atoms with Gasteiger partial charge in [0.05, 0.1) is 18.2 Å². The second-order valence-electron chi connectivity index (χ2n) is 15.1. The first-order valence-electron chi connectivity index (χ1n) is 19.0. The summed E-state index contributed by atoms with van der Waals surface area (Å²) in [4.78, 5) is 65.9. The molecule has 57 heavy (non-hydrogen) atoms. The van der Waals surface area contributed by atoms with Crippen molar-refractivity contribution in [1.29, 1.82) is 0 Å². The number of carbonyl (C=O) groups excluding carboxylic acids is 5. The van der Waals surface area contributed by atoms with Gasteiger partial charge in [0.15, 0.2) is 0 Å². The quantitative estimate of drug-likeness (QED) is 0.148. The fourth-order valence-electron chi connectivity index (χ4n) is 6.48. The number of benzene rings is 3. The minimum absolute atomic E-state index is 0.0118. The number of aliphatic hydroxyl groups excluding tert-OH is 1. The number of likely N-dealkylation sites (N-methyl/N-ethyl adjacent to an activating group) is 1. The van der Waals surface area contributed by atoms with Crippen molar-refractivity contribution in [2.24, 2.45) is 0 Å². The molecule has 4 atom stereocenters. The van der Waals surface area contributed by atoms with Crippen LogP contribution < -0.4 is 10.6 Å². The van der Waals surface area contributed by atoms with E-state index in [1.807, 2.05) is 60.7 Å². The molecule has 2 aliphatic rings. The average molecular weight is 782 g/mol. The number of carbonyl (C=O) groups is 5. The molecular formula is C44H51N3O10. The van der Waals surface area contributed by atoms with Crippen molar-refractivity contribution in [3.05, 3.63) is 125 Å². The smallest absolute Gasteiger partial charge is 0.338 e. The second kappa shape index (κ2) is 19.0. The minimum Gasteiger partial charge on any atom is -0.460 e. The molecule has 0 unspecified atom stereocenters. The van der Waals surface area contributed by atoms with Gasteiger partial charge in [-0.05, 0) is 57.0 Å². The van der Waals surface area contributed by atoms with Gasteiger partial charge in [0.2, 0.25) is 23.5 Å². The number of nitrogens with one attached hydrogen (secondary N) is 2. The molecule has 1 aliphatic heterocycles. The SMILES string of the molecule is CN(C)C(=O)C=Cc1cccc(C(=O)O[C@@H]2CC(C(=O)NCCC(=O)N[C@H](CO)CCC(=O)OC(C)(C)C)=C[C@H]3OC(c4ccccc4)(c4ccccc4)O[C@H]32)c1. The summed E-state index contributed by atoms with van der Waals surface area (Å²) >= 11 is 0. The molecule has 0 spiro atoms. The van der Waals surface area contributed by atoms with Gasteiger partial charge in [-0.25, -0.2) is 4.79 Å². The summed E-state index contributed by atoms with van der Waals surface area (Å²) in [6, 6.07) is 24.8. The lowest BCUT2D eigenvalue weighted by Gasteiger charge is -2.31. The fraction of sp³-hybridized carbons (Fsp3) is 0.386. The number of rotatable bonds is 15. The lowest BCUT2D eigenvalue weighted by Crippen LogP contribution is -2.44. The number of nitrogens with zero attached hydrogens (tertiary/aromatic N) is 1.